The van der Waals surface area contributed by atoms with Gasteiger partial charge in [-0.25, -0.2) is 19.7 Å². The molecule has 0 bridgehead atoms. The number of pyridine rings is 1. The number of aliphatic carboxylic acids is 1. The van der Waals surface area contributed by atoms with Gasteiger partial charge in [0.25, 0.3) is 0 Å². The fourth-order valence-corrected chi connectivity index (χ4v) is 6.08. The van der Waals surface area contributed by atoms with E-state index in [4.69, 9.17) is 20.8 Å². The molecule has 3 aromatic heterocycles. The van der Waals surface area contributed by atoms with Gasteiger partial charge in [0.15, 0.2) is 17.5 Å². The zero-order chi connectivity index (χ0) is 31.9. The predicted molar refractivity (Wildman–Crippen MR) is 178 cm³/mol. The summed E-state index contributed by atoms with van der Waals surface area (Å²) in [6.45, 7) is 12.1. The molecule has 0 spiro atoms. The number of hydrogen-bond acceptors (Lipinski definition) is 8. The molecular formula is C35H38ClN5O4. The van der Waals surface area contributed by atoms with E-state index in [0.717, 1.165) is 64.8 Å². The molecule has 0 unspecified atom stereocenters. The topological polar surface area (TPSA) is 114 Å². The highest BCUT2D eigenvalue weighted by Gasteiger charge is 2.36. The maximum atomic E-state index is 12.6. The number of carboxylic acids is 1. The molecule has 0 saturated carbocycles. The number of piperidine rings is 1. The van der Waals surface area contributed by atoms with E-state index in [-0.39, 0.29) is 10.6 Å². The maximum Gasteiger partial charge on any atom is 0.337 e. The quantitative estimate of drug-likeness (QED) is 0.164. The lowest BCUT2D eigenvalue weighted by Crippen LogP contribution is -2.39. The molecular weight excluding hydrogens is 590 g/mol. The van der Waals surface area contributed by atoms with E-state index in [2.05, 4.69) is 39.0 Å². The Morgan fingerprint density at radius 3 is 2.49 bits per heavy atom. The van der Waals surface area contributed by atoms with Gasteiger partial charge in [-0.05, 0) is 62.3 Å². The van der Waals surface area contributed by atoms with Crippen LogP contribution >= 0.6 is 11.6 Å². The van der Waals surface area contributed by atoms with Crippen molar-refractivity contribution in [3.63, 3.8) is 0 Å². The smallest absolute Gasteiger partial charge is 0.337 e. The Labute approximate surface area is 267 Å². The number of ether oxygens (including phenoxy) is 1. The lowest BCUT2D eigenvalue weighted by molar-refractivity contribution is -0.160. The molecule has 0 amide bonds. The van der Waals surface area contributed by atoms with Crippen molar-refractivity contribution in [1.82, 2.24) is 15.0 Å². The molecule has 2 aromatic carbocycles. The molecule has 1 atom stereocenters. The molecule has 10 heteroatoms. The number of benzene rings is 2. The predicted octanol–water partition coefficient (Wildman–Crippen LogP) is 8.27. The Kier molecular flexibility index (Phi) is 8.18. The summed E-state index contributed by atoms with van der Waals surface area (Å²) < 4.78 is 12.2. The first-order chi connectivity index (χ1) is 21.4. The van der Waals surface area contributed by atoms with Gasteiger partial charge in [0.2, 0.25) is 0 Å². The van der Waals surface area contributed by atoms with Gasteiger partial charge in [-0.2, -0.15) is 0 Å². The number of fused-ring (bicyclic) bond motifs is 3. The lowest BCUT2D eigenvalue weighted by Gasteiger charge is -2.40. The maximum absolute atomic E-state index is 12.6. The monoisotopic (exact) mass is 627 g/mol. The van der Waals surface area contributed by atoms with Crippen LogP contribution in [0.5, 0.6) is 0 Å². The first-order valence-electron chi connectivity index (χ1n) is 15.2. The summed E-state index contributed by atoms with van der Waals surface area (Å²) in [4.78, 5) is 28.2. The van der Waals surface area contributed by atoms with Crippen LogP contribution in [-0.2, 0) is 16.1 Å². The number of para-hydroxylation sites is 1. The molecule has 9 nitrogen and oxygen atoms in total. The van der Waals surface area contributed by atoms with Gasteiger partial charge in [0.05, 0.1) is 16.9 Å². The fraction of sp³-hybridized carbons (Fsp3) is 0.371. The number of halogens is 1. The molecule has 1 aliphatic rings. The van der Waals surface area contributed by atoms with Crippen molar-refractivity contribution in [3.8, 4) is 11.1 Å². The average Bonchev–Trinajstić information content (AvgIpc) is 3.38. The van der Waals surface area contributed by atoms with E-state index in [0.29, 0.717) is 23.5 Å². The number of rotatable bonds is 8. The summed E-state index contributed by atoms with van der Waals surface area (Å²) in [5.41, 5.74) is 5.56. The van der Waals surface area contributed by atoms with Gasteiger partial charge in [-0.3, -0.25) is 0 Å². The standard InChI is InChI=1S/C35H38ClN5O4/c1-34(2,3)45-29(33(42)43)26-28(41-16-14-35(4,5)15-17-41)24(19-37-31(26)36)22-12-10-21(11-13-22)18-38-32-30-27(39-20-40-32)23-8-6-7-9-25(23)44-30/h6-13,19-20,29H,14-18H2,1-5H3,(H,42,43)(H,38,39,40)/t29-/m0/s1. The van der Waals surface area contributed by atoms with Crippen LogP contribution in [-0.4, -0.2) is 44.7 Å². The highest BCUT2D eigenvalue weighted by molar-refractivity contribution is 6.31. The Balaban J connectivity index is 1.33. The summed E-state index contributed by atoms with van der Waals surface area (Å²) >= 11 is 6.72. The van der Waals surface area contributed by atoms with Crippen LogP contribution in [0.25, 0.3) is 33.2 Å². The highest BCUT2D eigenvalue weighted by Crippen LogP contribution is 2.44. The van der Waals surface area contributed by atoms with Crippen molar-refractivity contribution in [2.24, 2.45) is 5.41 Å². The SMILES string of the molecule is CC1(C)CCN(c2c(-c3ccc(CNc4ncnc5c4oc4ccccc45)cc3)cnc(Cl)c2[C@H](OC(C)(C)C)C(=O)O)CC1. The van der Waals surface area contributed by atoms with Crippen molar-refractivity contribution < 1.29 is 19.1 Å². The van der Waals surface area contributed by atoms with Gasteiger partial charge >= 0.3 is 5.97 Å². The average molecular weight is 628 g/mol. The number of nitrogens with one attached hydrogen (secondary N) is 1. The first-order valence-corrected chi connectivity index (χ1v) is 15.6. The summed E-state index contributed by atoms with van der Waals surface area (Å²) in [7, 11) is 0. The van der Waals surface area contributed by atoms with Crippen LogP contribution < -0.4 is 10.2 Å². The second-order valence-corrected chi connectivity index (χ2v) is 13.7. The normalized spacial score (nSPS) is 15.8. The van der Waals surface area contributed by atoms with E-state index >= 15 is 0 Å². The van der Waals surface area contributed by atoms with Crippen molar-refractivity contribution in [2.75, 3.05) is 23.3 Å². The highest BCUT2D eigenvalue weighted by atomic mass is 35.5. The van der Waals surface area contributed by atoms with E-state index in [1.165, 1.54) is 6.33 Å². The molecule has 6 rings (SSSR count). The molecule has 5 aromatic rings. The third-order valence-electron chi connectivity index (χ3n) is 8.31. The Hall–Kier alpha value is -4.21. The van der Waals surface area contributed by atoms with Crippen LogP contribution in [0, 0.1) is 5.41 Å². The minimum atomic E-state index is -1.28. The summed E-state index contributed by atoms with van der Waals surface area (Å²) in [5.74, 6) is -0.477. The lowest BCUT2D eigenvalue weighted by atomic mass is 9.82. The van der Waals surface area contributed by atoms with E-state index in [1.807, 2.05) is 69.3 Å². The number of carboxylic acid groups (broad SMARTS) is 1. The summed E-state index contributed by atoms with van der Waals surface area (Å²) in [5, 5.41) is 14.8. The number of hydrogen-bond donors (Lipinski definition) is 2. The van der Waals surface area contributed by atoms with Gasteiger partial charge in [-0.15, -0.1) is 0 Å². The molecule has 0 radical (unpaired) electrons. The number of anilines is 2. The Morgan fingerprint density at radius 2 is 1.80 bits per heavy atom. The number of carbonyl (C=O) groups is 1. The van der Waals surface area contributed by atoms with E-state index in [1.54, 1.807) is 6.20 Å². The minimum Gasteiger partial charge on any atom is -0.479 e. The van der Waals surface area contributed by atoms with Crippen molar-refractivity contribution in [2.45, 2.75) is 65.7 Å². The first kappa shape index (κ1) is 30.8. The molecule has 1 fully saturated rings. The van der Waals surface area contributed by atoms with Crippen LogP contribution in [0.15, 0.2) is 65.5 Å². The zero-order valence-electron chi connectivity index (χ0n) is 26.2. The number of aromatic nitrogens is 3. The summed E-state index contributed by atoms with van der Waals surface area (Å²) in [6.07, 6.45) is 3.94. The van der Waals surface area contributed by atoms with Crippen LogP contribution in [0.3, 0.4) is 0 Å². The van der Waals surface area contributed by atoms with Gasteiger partial charge in [0, 0.05) is 36.8 Å². The third-order valence-corrected chi connectivity index (χ3v) is 8.61. The molecule has 1 aliphatic heterocycles. The Bertz CT molecular complexity index is 1850. The fourth-order valence-electron chi connectivity index (χ4n) is 5.84. The van der Waals surface area contributed by atoms with Crippen molar-refractivity contribution in [1.29, 1.82) is 0 Å². The molecule has 0 aliphatic carbocycles. The number of furan rings is 1. The zero-order valence-corrected chi connectivity index (χ0v) is 27.0. The summed E-state index contributed by atoms with van der Waals surface area (Å²) in [6, 6.07) is 15.9. The van der Waals surface area contributed by atoms with Crippen LogP contribution in [0.1, 0.15) is 64.7 Å². The van der Waals surface area contributed by atoms with E-state index < -0.39 is 17.7 Å². The molecule has 2 N–H and O–H groups in total. The van der Waals surface area contributed by atoms with Crippen LogP contribution in [0.4, 0.5) is 11.5 Å². The minimum absolute atomic E-state index is 0.137. The Morgan fingerprint density at radius 1 is 1.09 bits per heavy atom. The number of nitrogens with zero attached hydrogens (tertiary/aromatic N) is 4. The molecule has 4 heterocycles. The van der Waals surface area contributed by atoms with E-state index in [9.17, 15) is 9.90 Å². The van der Waals surface area contributed by atoms with Gasteiger partial charge in [0.1, 0.15) is 22.6 Å². The van der Waals surface area contributed by atoms with Crippen molar-refractivity contribution in [3.05, 3.63) is 77.3 Å². The second kappa shape index (κ2) is 11.9. The van der Waals surface area contributed by atoms with Gasteiger partial charge in [-0.1, -0.05) is 61.8 Å². The van der Waals surface area contributed by atoms with Gasteiger partial charge < -0.3 is 24.5 Å². The largest absolute Gasteiger partial charge is 0.479 e. The van der Waals surface area contributed by atoms with Crippen LogP contribution in [0.2, 0.25) is 5.15 Å². The van der Waals surface area contributed by atoms with Crippen molar-refractivity contribution >= 4 is 51.1 Å². The molecule has 1 saturated heterocycles. The second-order valence-electron chi connectivity index (χ2n) is 13.4. The third kappa shape index (κ3) is 6.46. The molecule has 45 heavy (non-hydrogen) atoms. The molecule has 234 valence electrons.